The zero-order chi connectivity index (χ0) is 17.5. The van der Waals surface area contributed by atoms with E-state index in [1.165, 1.54) is 11.0 Å². The lowest BCUT2D eigenvalue weighted by atomic mass is 10.2. The fourth-order valence-electron chi connectivity index (χ4n) is 2.66. The molecule has 2 aliphatic rings. The highest BCUT2D eigenvalue weighted by atomic mass is 19.1. The minimum Gasteiger partial charge on any atom is -0.443 e. The van der Waals surface area contributed by atoms with E-state index in [0.29, 0.717) is 50.8 Å². The molecular formula is C17H26FN3O3. The van der Waals surface area contributed by atoms with Gasteiger partial charge in [0.2, 0.25) is 0 Å². The number of allylic oxidation sites excluding steroid dienone is 3. The molecule has 6 nitrogen and oxygen atoms in total. The number of hydrogen-bond donors (Lipinski definition) is 1. The standard InChI is InChI=1S/C17H26FN3O3/c1-4-14(21-12-15(11-19-5-2)24-17(21)22)10-16(18)13(3)20-6-8-23-9-7-20/h4,10,15,19H,3,5-9,11-12H2,1-2H3/b14-4+,16-10+. The van der Waals surface area contributed by atoms with Crippen LogP contribution < -0.4 is 5.32 Å². The SMILES string of the molecule is C=C(/C(F)=C\C(=C/C)N1CC(CNCC)OC1=O)N1CCOCC1. The van der Waals surface area contributed by atoms with Crippen molar-refractivity contribution in [3.05, 3.63) is 36.0 Å². The molecule has 2 fully saturated rings. The maximum absolute atomic E-state index is 14.5. The van der Waals surface area contributed by atoms with E-state index < -0.39 is 11.9 Å². The predicted octanol–water partition coefficient (Wildman–Crippen LogP) is 2.02. The quantitative estimate of drug-likeness (QED) is 0.719. The molecule has 0 radical (unpaired) electrons. The van der Waals surface area contributed by atoms with E-state index in [-0.39, 0.29) is 6.10 Å². The van der Waals surface area contributed by atoms with Crippen LogP contribution in [0.5, 0.6) is 0 Å². The second kappa shape index (κ2) is 8.84. The third-order valence-electron chi connectivity index (χ3n) is 4.05. The number of nitrogens with one attached hydrogen (secondary N) is 1. The van der Waals surface area contributed by atoms with E-state index in [2.05, 4.69) is 11.9 Å². The van der Waals surface area contributed by atoms with Crippen molar-refractivity contribution in [2.75, 3.05) is 45.9 Å². The van der Waals surface area contributed by atoms with Crippen molar-refractivity contribution in [2.45, 2.75) is 20.0 Å². The molecule has 2 aliphatic heterocycles. The number of likely N-dealkylation sites (N-methyl/N-ethyl adjacent to an activating group) is 1. The smallest absolute Gasteiger partial charge is 0.414 e. The monoisotopic (exact) mass is 339 g/mol. The molecule has 0 saturated carbocycles. The van der Waals surface area contributed by atoms with Crippen LogP contribution in [0.1, 0.15) is 13.8 Å². The van der Waals surface area contributed by atoms with Gasteiger partial charge in [-0.25, -0.2) is 9.18 Å². The number of morpholine rings is 1. The van der Waals surface area contributed by atoms with Crippen molar-refractivity contribution in [1.82, 2.24) is 15.1 Å². The van der Waals surface area contributed by atoms with Gasteiger partial charge in [-0.3, -0.25) is 4.90 Å². The third-order valence-corrected chi connectivity index (χ3v) is 4.05. The van der Waals surface area contributed by atoms with Gasteiger partial charge in [0.15, 0.2) is 0 Å². The molecule has 2 rings (SSSR count). The Morgan fingerprint density at radius 1 is 1.46 bits per heavy atom. The molecule has 0 aromatic rings. The van der Waals surface area contributed by atoms with Crippen molar-refractivity contribution in [3.63, 3.8) is 0 Å². The average molecular weight is 339 g/mol. The summed E-state index contributed by atoms with van der Waals surface area (Å²) < 4.78 is 25.1. The second-order valence-electron chi connectivity index (χ2n) is 5.68. The van der Waals surface area contributed by atoms with Gasteiger partial charge in [0, 0.05) is 25.3 Å². The van der Waals surface area contributed by atoms with E-state index in [4.69, 9.17) is 9.47 Å². The zero-order valence-corrected chi connectivity index (χ0v) is 14.4. The molecule has 0 aromatic carbocycles. The Kier molecular flexibility index (Phi) is 6.81. The molecule has 1 unspecified atom stereocenters. The zero-order valence-electron chi connectivity index (χ0n) is 14.4. The highest BCUT2D eigenvalue weighted by Crippen LogP contribution is 2.23. The number of halogens is 1. The molecule has 2 saturated heterocycles. The first kappa shape index (κ1) is 18.5. The number of ether oxygens (including phenoxy) is 2. The van der Waals surface area contributed by atoms with E-state index in [1.807, 2.05) is 11.8 Å². The topological polar surface area (TPSA) is 54.0 Å². The first-order valence-corrected chi connectivity index (χ1v) is 8.31. The number of amides is 1. The highest BCUT2D eigenvalue weighted by Gasteiger charge is 2.32. The molecule has 7 heteroatoms. The fraction of sp³-hybridized carbons (Fsp3) is 0.588. The average Bonchev–Trinajstić information content (AvgIpc) is 2.98. The largest absolute Gasteiger partial charge is 0.443 e. The second-order valence-corrected chi connectivity index (χ2v) is 5.68. The summed E-state index contributed by atoms with van der Waals surface area (Å²) in [5, 5.41) is 3.14. The van der Waals surface area contributed by atoms with E-state index in [9.17, 15) is 9.18 Å². The van der Waals surface area contributed by atoms with E-state index >= 15 is 0 Å². The van der Waals surface area contributed by atoms with Crippen LogP contribution in [0.25, 0.3) is 0 Å². The molecule has 1 amide bonds. The van der Waals surface area contributed by atoms with Crippen LogP contribution >= 0.6 is 0 Å². The van der Waals surface area contributed by atoms with Crippen molar-refractivity contribution in [1.29, 1.82) is 0 Å². The first-order valence-electron chi connectivity index (χ1n) is 8.31. The highest BCUT2D eigenvalue weighted by molar-refractivity contribution is 5.73. The van der Waals surface area contributed by atoms with Gasteiger partial charge in [0.05, 0.1) is 25.5 Å². The molecule has 134 valence electrons. The first-order chi connectivity index (χ1) is 11.6. The lowest BCUT2D eigenvalue weighted by Gasteiger charge is -2.29. The van der Waals surface area contributed by atoms with Crippen molar-refractivity contribution < 1.29 is 18.7 Å². The number of rotatable bonds is 7. The lowest BCUT2D eigenvalue weighted by Crippen LogP contribution is -2.35. The van der Waals surface area contributed by atoms with Gasteiger partial charge < -0.3 is 19.7 Å². The van der Waals surface area contributed by atoms with Crippen LogP contribution in [0.4, 0.5) is 9.18 Å². The van der Waals surface area contributed by atoms with Gasteiger partial charge in [0.1, 0.15) is 11.9 Å². The number of carbonyl (C=O) groups is 1. The van der Waals surface area contributed by atoms with Gasteiger partial charge in [0.25, 0.3) is 0 Å². The molecule has 2 heterocycles. The van der Waals surface area contributed by atoms with Crippen molar-refractivity contribution in [2.24, 2.45) is 0 Å². The Hall–Kier alpha value is -1.86. The molecule has 0 bridgehead atoms. The minimum atomic E-state index is -0.452. The van der Waals surface area contributed by atoms with Crippen LogP contribution in [0, 0.1) is 0 Å². The summed E-state index contributed by atoms with van der Waals surface area (Å²) >= 11 is 0. The summed E-state index contributed by atoms with van der Waals surface area (Å²) in [5.41, 5.74) is 0.792. The maximum atomic E-state index is 14.5. The number of hydrogen-bond acceptors (Lipinski definition) is 5. The van der Waals surface area contributed by atoms with Crippen molar-refractivity contribution >= 4 is 6.09 Å². The summed E-state index contributed by atoms with van der Waals surface area (Å²) in [4.78, 5) is 15.3. The Balaban J connectivity index is 2.02. The normalized spacial score (nSPS) is 22.8. The Labute approximate surface area is 142 Å². The molecule has 0 aliphatic carbocycles. The van der Waals surface area contributed by atoms with E-state index in [1.54, 1.807) is 13.0 Å². The number of carbonyl (C=O) groups excluding carboxylic acids is 1. The van der Waals surface area contributed by atoms with Gasteiger partial charge >= 0.3 is 6.09 Å². The molecule has 24 heavy (non-hydrogen) atoms. The summed E-state index contributed by atoms with van der Waals surface area (Å²) in [5.74, 6) is -0.451. The summed E-state index contributed by atoms with van der Waals surface area (Å²) in [6.45, 7) is 11.7. The van der Waals surface area contributed by atoms with Crippen molar-refractivity contribution in [3.8, 4) is 0 Å². The van der Waals surface area contributed by atoms with Crippen LogP contribution in [0.2, 0.25) is 0 Å². The molecule has 1 atom stereocenters. The molecule has 0 spiro atoms. The maximum Gasteiger partial charge on any atom is 0.414 e. The van der Waals surface area contributed by atoms with Crippen LogP contribution in [0.15, 0.2) is 36.0 Å². The van der Waals surface area contributed by atoms with Crippen LogP contribution in [-0.2, 0) is 9.47 Å². The summed E-state index contributed by atoms with van der Waals surface area (Å²) in [6, 6.07) is 0. The molecule has 0 aromatic heterocycles. The van der Waals surface area contributed by atoms with Gasteiger partial charge in [-0.2, -0.15) is 0 Å². The van der Waals surface area contributed by atoms with Crippen LogP contribution in [-0.4, -0.2) is 67.9 Å². The molecule has 1 N–H and O–H groups in total. The third kappa shape index (κ3) is 4.58. The van der Waals surface area contributed by atoms with Gasteiger partial charge in [-0.15, -0.1) is 0 Å². The Morgan fingerprint density at radius 2 is 2.17 bits per heavy atom. The van der Waals surface area contributed by atoms with Gasteiger partial charge in [-0.05, 0) is 19.5 Å². The Bertz CT molecular complexity index is 527. The Morgan fingerprint density at radius 3 is 2.79 bits per heavy atom. The van der Waals surface area contributed by atoms with Crippen LogP contribution in [0.3, 0.4) is 0 Å². The summed E-state index contributed by atoms with van der Waals surface area (Å²) in [6.07, 6.45) is 2.36. The van der Waals surface area contributed by atoms with Gasteiger partial charge in [-0.1, -0.05) is 19.6 Å². The van der Waals surface area contributed by atoms with E-state index in [0.717, 1.165) is 6.54 Å². The summed E-state index contributed by atoms with van der Waals surface area (Å²) in [7, 11) is 0. The predicted molar refractivity (Wildman–Crippen MR) is 90.0 cm³/mol. The fourth-order valence-corrected chi connectivity index (χ4v) is 2.66. The number of nitrogens with zero attached hydrogens (tertiary/aromatic N) is 2. The minimum absolute atomic E-state index is 0.230. The molecular weight excluding hydrogens is 313 g/mol. The lowest BCUT2D eigenvalue weighted by molar-refractivity contribution is 0.0537. The number of cyclic esters (lactones) is 1.